The SMILES string of the molecule is Cc1ccc(NC(=O)/C(C#N)=C2\S[C@@H](Cc3ccc(Br)cc3)C(=O)N2c2ccc(Cl)cc2)cc1. The van der Waals surface area contributed by atoms with Crippen molar-refractivity contribution in [1.82, 2.24) is 0 Å². The van der Waals surface area contributed by atoms with Gasteiger partial charge in [0.15, 0.2) is 0 Å². The molecule has 4 rings (SSSR count). The molecule has 1 saturated heterocycles. The third-order valence-electron chi connectivity index (χ3n) is 5.23. The number of thioether (sulfide) groups is 1. The van der Waals surface area contributed by atoms with Crippen LogP contribution in [0.1, 0.15) is 11.1 Å². The largest absolute Gasteiger partial charge is 0.321 e. The number of anilines is 2. The van der Waals surface area contributed by atoms with Crippen molar-refractivity contribution in [3.05, 3.63) is 104 Å². The second-order valence-corrected chi connectivity index (χ2v) is 10.2. The van der Waals surface area contributed by atoms with E-state index in [1.165, 1.54) is 16.7 Å². The van der Waals surface area contributed by atoms with Crippen LogP contribution in [-0.2, 0) is 16.0 Å². The minimum Gasteiger partial charge on any atom is -0.321 e. The van der Waals surface area contributed by atoms with Crippen molar-refractivity contribution in [2.45, 2.75) is 18.6 Å². The monoisotopic (exact) mass is 551 g/mol. The number of aryl methyl sites for hydroxylation is 1. The van der Waals surface area contributed by atoms with E-state index < -0.39 is 11.2 Å². The predicted molar refractivity (Wildman–Crippen MR) is 141 cm³/mol. The number of nitrogens with one attached hydrogen (secondary N) is 1. The van der Waals surface area contributed by atoms with Gasteiger partial charge in [-0.2, -0.15) is 5.26 Å². The fourth-order valence-corrected chi connectivity index (χ4v) is 5.18. The van der Waals surface area contributed by atoms with Crippen LogP contribution in [0, 0.1) is 18.3 Å². The number of carbonyl (C=O) groups is 2. The van der Waals surface area contributed by atoms with Crippen LogP contribution in [0.5, 0.6) is 0 Å². The lowest BCUT2D eigenvalue weighted by molar-refractivity contribution is -0.117. The minimum atomic E-state index is -0.565. The second kappa shape index (κ2) is 10.5. The van der Waals surface area contributed by atoms with Crippen molar-refractivity contribution < 1.29 is 9.59 Å². The summed E-state index contributed by atoms with van der Waals surface area (Å²) in [6.45, 7) is 1.95. The van der Waals surface area contributed by atoms with Crippen LogP contribution in [-0.4, -0.2) is 17.1 Å². The van der Waals surface area contributed by atoms with Crippen LogP contribution in [0.25, 0.3) is 0 Å². The van der Waals surface area contributed by atoms with Gasteiger partial charge in [-0.05, 0) is 67.4 Å². The molecule has 1 aliphatic rings. The molecule has 1 fully saturated rings. The van der Waals surface area contributed by atoms with Crippen molar-refractivity contribution in [2.75, 3.05) is 10.2 Å². The van der Waals surface area contributed by atoms with Gasteiger partial charge in [0.1, 0.15) is 16.7 Å². The lowest BCUT2D eigenvalue weighted by atomic mass is 10.1. The molecule has 0 radical (unpaired) electrons. The molecule has 8 heteroatoms. The molecule has 1 N–H and O–H groups in total. The molecule has 0 aliphatic carbocycles. The first-order valence-corrected chi connectivity index (χ1v) is 12.4. The Balaban J connectivity index is 1.71. The Kier molecular flexibility index (Phi) is 7.42. The molecule has 1 aliphatic heterocycles. The number of nitriles is 1. The van der Waals surface area contributed by atoms with E-state index in [-0.39, 0.29) is 11.5 Å². The van der Waals surface area contributed by atoms with Gasteiger partial charge < -0.3 is 5.32 Å². The van der Waals surface area contributed by atoms with Crippen molar-refractivity contribution in [2.24, 2.45) is 0 Å². The average molecular weight is 553 g/mol. The number of amides is 2. The van der Waals surface area contributed by atoms with E-state index in [0.717, 1.165) is 15.6 Å². The Hall–Kier alpha value is -3.05. The highest BCUT2D eigenvalue weighted by Crippen LogP contribution is 2.42. The van der Waals surface area contributed by atoms with Crippen LogP contribution in [0.3, 0.4) is 0 Å². The smallest absolute Gasteiger partial charge is 0.269 e. The molecule has 1 heterocycles. The molecule has 5 nitrogen and oxygen atoms in total. The van der Waals surface area contributed by atoms with Gasteiger partial charge in [-0.3, -0.25) is 14.5 Å². The summed E-state index contributed by atoms with van der Waals surface area (Å²) in [4.78, 5) is 28.0. The van der Waals surface area contributed by atoms with E-state index in [2.05, 4.69) is 21.2 Å². The number of hydrogen-bond donors (Lipinski definition) is 1. The van der Waals surface area contributed by atoms with Crippen LogP contribution in [0.4, 0.5) is 11.4 Å². The Morgan fingerprint density at radius 1 is 1.09 bits per heavy atom. The van der Waals surface area contributed by atoms with Crippen molar-refractivity contribution in [3.8, 4) is 6.07 Å². The molecule has 0 unspecified atom stereocenters. The zero-order chi connectivity index (χ0) is 24.2. The van der Waals surface area contributed by atoms with Gasteiger partial charge in [0.25, 0.3) is 5.91 Å². The highest BCUT2D eigenvalue weighted by Gasteiger charge is 2.40. The maximum absolute atomic E-state index is 13.5. The Bertz CT molecular complexity index is 1300. The van der Waals surface area contributed by atoms with Crippen molar-refractivity contribution >= 4 is 62.5 Å². The van der Waals surface area contributed by atoms with E-state index >= 15 is 0 Å². The molecule has 0 saturated carbocycles. The summed E-state index contributed by atoms with van der Waals surface area (Å²) in [5.41, 5.74) is 3.04. The van der Waals surface area contributed by atoms with E-state index in [0.29, 0.717) is 27.8 Å². The quantitative estimate of drug-likeness (QED) is 0.291. The zero-order valence-corrected chi connectivity index (χ0v) is 21.2. The first kappa shape index (κ1) is 24.1. The average Bonchev–Trinajstić information content (AvgIpc) is 3.13. The van der Waals surface area contributed by atoms with Crippen molar-refractivity contribution in [3.63, 3.8) is 0 Å². The molecular formula is C26H19BrClN3O2S. The predicted octanol–water partition coefficient (Wildman–Crippen LogP) is 6.48. The summed E-state index contributed by atoms with van der Waals surface area (Å²) in [5.74, 6) is -0.758. The first-order chi connectivity index (χ1) is 16.4. The number of rotatable bonds is 5. The van der Waals surface area contributed by atoms with Gasteiger partial charge in [0.2, 0.25) is 5.91 Å². The summed E-state index contributed by atoms with van der Waals surface area (Å²) in [6, 6.07) is 23.8. The standard InChI is InChI=1S/C26H19BrClN3O2S/c1-16-2-10-20(11-3-16)30-24(32)22(15-29)26-31(21-12-8-19(28)9-13-21)25(33)23(34-26)14-17-4-6-18(27)7-5-17/h2-13,23H,14H2,1H3,(H,30,32)/b26-22-/t23-/m0/s1. The second-order valence-electron chi connectivity index (χ2n) is 7.70. The molecule has 1 atom stereocenters. The third-order valence-corrected chi connectivity index (χ3v) is 7.28. The topological polar surface area (TPSA) is 73.2 Å². The van der Waals surface area contributed by atoms with Gasteiger partial charge >= 0.3 is 0 Å². The number of carbonyl (C=O) groups excluding carboxylic acids is 2. The summed E-state index contributed by atoms with van der Waals surface area (Å²) in [5, 5.41) is 13.0. The van der Waals surface area contributed by atoms with Crippen LogP contribution >= 0.6 is 39.3 Å². The van der Waals surface area contributed by atoms with E-state index in [1.54, 1.807) is 36.4 Å². The minimum absolute atomic E-state index is 0.118. The summed E-state index contributed by atoms with van der Waals surface area (Å²) < 4.78 is 0.949. The maximum Gasteiger partial charge on any atom is 0.269 e. The lowest BCUT2D eigenvalue weighted by Crippen LogP contribution is -2.30. The lowest BCUT2D eigenvalue weighted by Gasteiger charge is -2.19. The Morgan fingerprint density at radius 3 is 2.35 bits per heavy atom. The van der Waals surface area contributed by atoms with Gasteiger partial charge in [-0.25, -0.2) is 0 Å². The van der Waals surface area contributed by atoms with Crippen LogP contribution in [0.2, 0.25) is 5.02 Å². The summed E-state index contributed by atoms with van der Waals surface area (Å²) >= 11 is 10.7. The molecule has 0 bridgehead atoms. The normalized spacial score (nSPS) is 16.8. The van der Waals surface area contributed by atoms with E-state index in [9.17, 15) is 14.9 Å². The summed E-state index contributed by atoms with van der Waals surface area (Å²) in [7, 11) is 0. The number of nitrogens with zero attached hydrogens (tertiary/aromatic N) is 2. The number of benzene rings is 3. The Labute approximate surface area is 215 Å². The number of halogens is 2. The molecule has 170 valence electrons. The van der Waals surface area contributed by atoms with Gasteiger partial charge in [0, 0.05) is 20.9 Å². The van der Waals surface area contributed by atoms with Gasteiger partial charge in [-0.1, -0.05) is 69.1 Å². The fraction of sp³-hybridized carbons (Fsp3) is 0.115. The Morgan fingerprint density at radius 2 is 1.74 bits per heavy atom. The third kappa shape index (κ3) is 5.36. The zero-order valence-electron chi connectivity index (χ0n) is 18.1. The highest BCUT2D eigenvalue weighted by molar-refractivity contribution is 9.10. The molecule has 2 amide bonds. The maximum atomic E-state index is 13.5. The molecular weight excluding hydrogens is 534 g/mol. The first-order valence-electron chi connectivity index (χ1n) is 10.4. The van der Waals surface area contributed by atoms with E-state index in [4.69, 9.17) is 11.6 Å². The summed E-state index contributed by atoms with van der Waals surface area (Å²) in [6.07, 6.45) is 0.461. The van der Waals surface area contributed by atoms with Crippen LogP contribution in [0.15, 0.2) is 87.9 Å². The fourth-order valence-electron chi connectivity index (χ4n) is 3.48. The van der Waals surface area contributed by atoms with Crippen LogP contribution < -0.4 is 10.2 Å². The molecule has 34 heavy (non-hydrogen) atoms. The van der Waals surface area contributed by atoms with Crippen molar-refractivity contribution in [1.29, 1.82) is 5.26 Å². The molecule has 0 spiro atoms. The molecule has 3 aromatic rings. The molecule has 3 aromatic carbocycles. The van der Waals surface area contributed by atoms with Gasteiger partial charge in [0.05, 0.1) is 5.25 Å². The highest BCUT2D eigenvalue weighted by atomic mass is 79.9. The number of hydrogen-bond acceptors (Lipinski definition) is 4. The molecule has 0 aromatic heterocycles. The van der Waals surface area contributed by atoms with E-state index in [1.807, 2.05) is 49.4 Å². The van der Waals surface area contributed by atoms with Gasteiger partial charge in [-0.15, -0.1) is 0 Å².